The Labute approximate surface area is 147 Å². The Balaban J connectivity index is 1.85. The fourth-order valence-corrected chi connectivity index (χ4v) is 2.72. The molecular formula is C22H18N2O. The first kappa shape index (κ1) is 16.5. The monoisotopic (exact) mass is 326 g/mol. The molecule has 25 heavy (non-hydrogen) atoms. The first-order valence-electron chi connectivity index (χ1n) is 8.16. The van der Waals surface area contributed by atoms with E-state index in [4.69, 9.17) is 5.26 Å². The predicted molar refractivity (Wildman–Crippen MR) is 98.0 cm³/mol. The van der Waals surface area contributed by atoms with Crippen LogP contribution in [0, 0.1) is 11.3 Å². The fraction of sp³-hybridized carbons (Fsp3) is 0.0909. The Kier molecular flexibility index (Phi) is 5.23. The number of carbonyl (C=O) groups is 1. The SMILES string of the molecule is N#Cc1ccc(C(Cc2ccccc2)NC(=O)c2ccccc2)cc1. The molecule has 122 valence electrons. The molecule has 3 aromatic carbocycles. The highest BCUT2D eigenvalue weighted by molar-refractivity contribution is 5.94. The Morgan fingerprint density at radius 2 is 1.48 bits per heavy atom. The summed E-state index contributed by atoms with van der Waals surface area (Å²) in [6.45, 7) is 0. The number of amides is 1. The molecule has 3 rings (SSSR count). The van der Waals surface area contributed by atoms with E-state index in [0.29, 0.717) is 17.5 Å². The van der Waals surface area contributed by atoms with Gasteiger partial charge < -0.3 is 5.32 Å². The van der Waals surface area contributed by atoms with E-state index in [1.54, 1.807) is 24.3 Å². The summed E-state index contributed by atoms with van der Waals surface area (Å²) in [5, 5.41) is 12.1. The van der Waals surface area contributed by atoms with E-state index >= 15 is 0 Å². The molecule has 1 amide bonds. The topological polar surface area (TPSA) is 52.9 Å². The summed E-state index contributed by atoms with van der Waals surface area (Å²) in [7, 11) is 0. The molecule has 1 N–H and O–H groups in total. The summed E-state index contributed by atoms with van der Waals surface area (Å²) in [6.07, 6.45) is 0.686. The zero-order chi connectivity index (χ0) is 17.5. The molecule has 0 bridgehead atoms. The van der Waals surface area contributed by atoms with Gasteiger partial charge in [0.25, 0.3) is 5.91 Å². The van der Waals surface area contributed by atoms with E-state index in [1.807, 2.05) is 60.7 Å². The summed E-state index contributed by atoms with van der Waals surface area (Å²) in [5.74, 6) is -0.106. The molecule has 1 unspecified atom stereocenters. The van der Waals surface area contributed by atoms with Crippen LogP contribution in [0.15, 0.2) is 84.9 Å². The van der Waals surface area contributed by atoms with Gasteiger partial charge in [0.15, 0.2) is 0 Å². The van der Waals surface area contributed by atoms with Gasteiger partial charge >= 0.3 is 0 Å². The largest absolute Gasteiger partial charge is 0.345 e. The minimum Gasteiger partial charge on any atom is -0.345 e. The Morgan fingerprint density at radius 3 is 2.08 bits per heavy atom. The second-order valence-corrected chi connectivity index (χ2v) is 5.82. The van der Waals surface area contributed by atoms with Crippen LogP contribution in [0.25, 0.3) is 0 Å². The molecule has 0 spiro atoms. The molecule has 0 aliphatic carbocycles. The van der Waals surface area contributed by atoms with Gasteiger partial charge in [-0.05, 0) is 41.8 Å². The summed E-state index contributed by atoms with van der Waals surface area (Å²) in [6, 6.07) is 28.6. The van der Waals surface area contributed by atoms with Crippen LogP contribution in [-0.2, 0) is 6.42 Å². The van der Waals surface area contributed by atoms with Crippen molar-refractivity contribution in [3.05, 3.63) is 107 Å². The predicted octanol–water partition coefficient (Wildman–Crippen LogP) is 4.27. The van der Waals surface area contributed by atoms with Crippen molar-refractivity contribution in [2.45, 2.75) is 12.5 Å². The number of rotatable bonds is 5. The van der Waals surface area contributed by atoms with Gasteiger partial charge in [0.1, 0.15) is 0 Å². The lowest BCUT2D eigenvalue weighted by Gasteiger charge is -2.20. The molecule has 0 fully saturated rings. The van der Waals surface area contributed by atoms with E-state index < -0.39 is 0 Å². The van der Waals surface area contributed by atoms with Crippen LogP contribution in [0.5, 0.6) is 0 Å². The van der Waals surface area contributed by atoms with E-state index in [-0.39, 0.29) is 11.9 Å². The van der Waals surface area contributed by atoms with Gasteiger partial charge in [-0.1, -0.05) is 60.7 Å². The van der Waals surface area contributed by atoms with Crippen LogP contribution in [0.1, 0.15) is 33.1 Å². The molecule has 0 aromatic heterocycles. The zero-order valence-corrected chi connectivity index (χ0v) is 13.7. The highest BCUT2D eigenvalue weighted by atomic mass is 16.1. The van der Waals surface area contributed by atoms with Gasteiger partial charge in [0.2, 0.25) is 0 Å². The molecule has 0 radical (unpaired) electrons. The van der Waals surface area contributed by atoms with E-state index in [0.717, 1.165) is 11.1 Å². The number of hydrogen-bond acceptors (Lipinski definition) is 2. The van der Waals surface area contributed by atoms with Crippen molar-refractivity contribution in [2.75, 3.05) is 0 Å². The highest BCUT2D eigenvalue weighted by Gasteiger charge is 2.16. The van der Waals surface area contributed by atoms with Crippen LogP contribution < -0.4 is 5.32 Å². The van der Waals surface area contributed by atoms with Crippen LogP contribution in [0.3, 0.4) is 0 Å². The summed E-state index contributed by atoms with van der Waals surface area (Å²) >= 11 is 0. The average Bonchev–Trinajstić information content (AvgIpc) is 2.69. The van der Waals surface area contributed by atoms with Crippen LogP contribution in [0.2, 0.25) is 0 Å². The van der Waals surface area contributed by atoms with Crippen LogP contribution >= 0.6 is 0 Å². The van der Waals surface area contributed by atoms with Crippen molar-refractivity contribution in [3.63, 3.8) is 0 Å². The molecular weight excluding hydrogens is 308 g/mol. The Morgan fingerprint density at radius 1 is 0.880 bits per heavy atom. The average molecular weight is 326 g/mol. The maximum absolute atomic E-state index is 12.6. The normalized spacial score (nSPS) is 11.3. The number of nitriles is 1. The van der Waals surface area contributed by atoms with Crippen molar-refractivity contribution in [1.82, 2.24) is 5.32 Å². The molecule has 0 aliphatic heterocycles. The van der Waals surface area contributed by atoms with Gasteiger partial charge in [0, 0.05) is 5.56 Å². The molecule has 0 aliphatic rings. The minimum absolute atomic E-state index is 0.106. The number of carbonyl (C=O) groups excluding carboxylic acids is 1. The molecule has 3 heteroatoms. The second-order valence-electron chi connectivity index (χ2n) is 5.82. The number of benzene rings is 3. The quantitative estimate of drug-likeness (QED) is 0.761. The molecule has 1 atom stereocenters. The second kappa shape index (κ2) is 7.94. The van der Waals surface area contributed by atoms with E-state index in [1.165, 1.54) is 0 Å². The third kappa shape index (κ3) is 4.33. The summed E-state index contributed by atoms with van der Waals surface area (Å²) < 4.78 is 0. The number of nitrogens with one attached hydrogen (secondary N) is 1. The van der Waals surface area contributed by atoms with E-state index in [9.17, 15) is 4.79 Å². The molecule has 3 nitrogen and oxygen atoms in total. The van der Waals surface area contributed by atoms with Crippen molar-refractivity contribution in [1.29, 1.82) is 5.26 Å². The smallest absolute Gasteiger partial charge is 0.251 e. The third-order valence-corrected chi connectivity index (χ3v) is 4.07. The summed E-state index contributed by atoms with van der Waals surface area (Å²) in [4.78, 5) is 12.6. The maximum atomic E-state index is 12.6. The maximum Gasteiger partial charge on any atom is 0.251 e. The number of nitrogens with zero attached hydrogens (tertiary/aromatic N) is 1. The number of hydrogen-bond donors (Lipinski definition) is 1. The van der Waals surface area contributed by atoms with Gasteiger partial charge in [0.05, 0.1) is 17.7 Å². The lowest BCUT2D eigenvalue weighted by Crippen LogP contribution is -2.30. The Hall–Kier alpha value is -3.38. The van der Waals surface area contributed by atoms with Crippen LogP contribution in [0.4, 0.5) is 0 Å². The third-order valence-electron chi connectivity index (χ3n) is 4.07. The Bertz CT molecular complexity index is 865. The van der Waals surface area contributed by atoms with Crippen molar-refractivity contribution >= 4 is 5.91 Å². The van der Waals surface area contributed by atoms with Gasteiger partial charge in [-0.25, -0.2) is 0 Å². The zero-order valence-electron chi connectivity index (χ0n) is 13.7. The molecule has 3 aromatic rings. The lowest BCUT2D eigenvalue weighted by molar-refractivity contribution is 0.0936. The molecule has 0 saturated heterocycles. The first-order valence-corrected chi connectivity index (χ1v) is 8.16. The van der Waals surface area contributed by atoms with Crippen molar-refractivity contribution in [3.8, 4) is 6.07 Å². The van der Waals surface area contributed by atoms with Crippen molar-refractivity contribution < 1.29 is 4.79 Å². The lowest BCUT2D eigenvalue weighted by atomic mass is 9.97. The van der Waals surface area contributed by atoms with Crippen molar-refractivity contribution in [2.24, 2.45) is 0 Å². The highest BCUT2D eigenvalue weighted by Crippen LogP contribution is 2.20. The molecule has 0 saturated carbocycles. The molecule has 0 heterocycles. The van der Waals surface area contributed by atoms with Crippen LogP contribution in [-0.4, -0.2) is 5.91 Å². The minimum atomic E-state index is -0.164. The summed E-state index contributed by atoms with van der Waals surface area (Å²) in [5.41, 5.74) is 3.36. The van der Waals surface area contributed by atoms with Gasteiger partial charge in [-0.3, -0.25) is 4.79 Å². The first-order chi connectivity index (χ1) is 12.3. The van der Waals surface area contributed by atoms with Gasteiger partial charge in [-0.2, -0.15) is 5.26 Å². The van der Waals surface area contributed by atoms with E-state index in [2.05, 4.69) is 11.4 Å². The standard InChI is InChI=1S/C22H18N2O/c23-16-18-11-13-19(14-12-18)21(15-17-7-3-1-4-8-17)24-22(25)20-9-5-2-6-10-20/h1-14,21H,15H2,(H,24,25). The van der Waals surface area contributed by atoms with Gasteiger partial charge in [-0.15, -0.1) is 0 Å². The fourth-order valence-electron chi connectivity index (χ4n) is 2.72.